The van der Waals surface area contributed by atoms with E-state index >= 15 is 0 Å². The molecule has 3 rings (SSSR count). The van der Waals surface area contributed by atoms with Gasteiger partial charge in [0.15, 0.2) is 0 Å². The van der Waals surface area contributed by atoms with E-state index < -0.39 is 0 Å². The summed E-state index contributed by atoms with van der Waals surface area (Å²) < 4.78 is 3.99. The van der Waals surface area contributed by atoms with Gasteiger partial charge in [-0.25, -0.2) is 4.37 Å². The van der Waals surface area contributed by atoms with Crippen molar-refractivity contribution in [3.8, 4) is 0 Å². The molecule has 2 fully saturated rings. The largest absolute Gasteiger partial charge is 0.338 e. The molecule has 4 nitrogen and oxygen atoms in total. The standard InChI is InChI=1S/C11H15N3OS/c15-11(10-4-13-16-7-10)14-5-8-1-9(6-14)3-12-2-8/h4,7-9,12H,1-3,5-6H2. The lowest BCUT2D eigenvalue weighted by Crippen LogP contribution is -2.52. The van der Waals surface area contributed by atoms with Crippen LogP contribution in [-0.4, -0.2) is 41.4 Å². The van der Waals surface area contributed by atoms with Gasteiger partial charge in [-0.1, -0.05) is 0 Å². The van der Waals surface area contributed by atoms with Gasteiger partial charge in [0, 0.05) is 18.5 Å². The van der Waals surface area contributed by atoms with Crippen molar-refractivity contribution in [2.75, 3.05) is 26.2 Å². The maximum Gasteiger partial charge on any atom is 0.256 e. The number of carbonyl (C=O) groups excluding carboxylic acids is 1. The number of rotatable bonds is 1. The lowest BCUT2D eigenvalue weighted by atomic mass is 9.85. The van der Waals surface area contributed by atoms with E-state index in [2.05, 4.69) is 9.69 Å². The van der Waals surface area contributed by atoms with Crippen molar-refractivity contribution in [2.45, 2.75) is 6.42 Å². The second-order valence-electron chi connectivity index (χ2n) is 4.75. The van der Waals surface area contributed by atoms with Crippen LogP contribution in [-0.2, 0) is 0 Å². The average molecular weight is 237 g/mol. The van der Waals surface area contributed by atoms with Crippen LogP contribution in [0.3, 0.4) is 0 Å². The summed E-state index contributed by atoms with van der Waals surface area (Å²) in [6.45, 7) is 3.92. The zero-order valence-electron chi connectivity index (χ0n) is 9.06. The number of likely N-dealkylation sites (tertiary alicyclic amines) is 1. The van der Waals surface area contributed by atoms with Crippen LogP contribution in [0.25, 0.3) is 0 Å². The minimum Gasteiger partial charge on any atom is -0.338 e. The summed E-state index contributed by atoms with van der Waals surface area (Å²) in [6, 6.07) is 0. The summed E-state index contributed by atoms with van der Waals surface area (Å²) in [4.78, 5) is 14.2. The predicted molar refractivity (Wildman–Crippen MR) is 62.5 cm³/mol. The zero-order chi connectivity index (χ0) is 11.0. The van der Waals surface area contributed by atoms with E-state index in [1.54, 1.807) is 6.20 Å². The second kappa shape index (κ2) is 4.14. The van der Waals surface area contributed by atoms with Crippen molar-refractivity contribution in [3.05, 3.63) is 17.1 Å². The van der Waals surface area contributed by atoms with Crippen molar-refractivity contribution in [1.29, 1.82) is 0 Å². The Labute approximate surface area is 98.8 Å². The number of piperidine rings is 2. The van der Waals surface area contributed by atoms with E-state index in [9.17, 15) is 4.79 Å². The Kier molecular flexibility index (Phi) is 2.65. The molecule has 2 bridgehead atoms. The van der Waals surface area contributed by atoms with Gasteiger partial charge in [0.25, 0.3) is 5.91 Å². The van der Waals surface area contributed by atoms with Crippen molar-refractivity contribution >= 4 is 17.4 Å². The number of hydrogen-bond donors (Lipinski definition) is 1. The third-order valence-corrected chi connectivity index (χ3v) is 4.04. The van der Waals surface area contributed by atoms with Gasteiger partial charge in [-0.15, -0.1) is 0 Å². The summed E-state index contributed by atoms with van der Waals surface area (Å²) >= 11 is 1.34. The molecule has 1 N–H and O–H groups in total. The summed E-state index contributed by atoms with van der Waals surface area (Å²) in [7, 11) is 0. The molecule has 2 atom stereocenters. The molecule has 16 heavy (non-hydrogen) atoms. The van der Waals surface area contributed by atoms with E-state index in [1.807, 2.05) is 10.3 Å². The predicted octanol–water partition coefficient (Wildman–Crippen LogP) is 0.825. The van der Waals surface area contributed by atoms with Crippen LogP contribution in [0.4, 0.5) is 0 Å². The number of nitrogens with one attached hydrogen (secondary N) is 1. The SMILES string of the molecule is O=C(c1cnsc1)N1CC2CNCC(C2)C1. The number of nitrogens with zero attached hydrogens (tertiary/aromatic N) is 2. The van der Waals surface area contributed by atoms with Gasteiger partial charge in [0.05, 0.1) is 11.8 Å². The summed E-state index contributed by atoms with van der Waals surface area (Å²) in [5.74, 6) is 1.44. The highest BCUT2D eigenvalue weighted by Gasteiger charge is 2.32. The normalized spacial score (nSPS) is 29.1. The number of hydrogen-bond acceptors (Lipinski definition) is 4. The fraction of sp³-hybridized carbons (Fsp3) is 0.636. The highest BCUT2D eigenvalue weighted by Crippen LogP contribution is 2.25. The van der Waals surface area contributed by atoms with Crippen LogP contribution in [0.2, 0.25) is 0 Å². The molecule has 0 radical (unpaired) electrons. The third-order valence-electron chi connectivity index (χ3n) is 3.46. The van der Waals surface area contributed by atoms with Gasteiger partial charge < -0.3 is 10.2 Å². The van der Waals surface area contributed by atoms with Crippen LogP contribution in [0.15, 0.2) is 11.6 Å². The molecule has 5 heteroatoms. The van der Waals surface area contributed by atoms with Crippen LogP contribution in [0, 0.1) is 11.8 Å². The average Bonchev–Trinajstić information content (AvgIpc) is 2.81. The molecular formula is C11H15N3OS. The Morgan fingerprint density at radius 3 is 2.81 bits per heavy atom. The van der Waals surface area contributed by atoms with Gasteiger partial charge >= 0.3 is 0 Å². The Morgan fingerprint density at radius 2 is 2.19 bits per heavy atom. The lowest BCUT2D eigenvalue weighted by Gasteiger charge is -2.41. The fourth-order valence-electron chi connectivity index (χ4n) is 2.76. The van der Waals surface area contributed by atoms with Crippen LogP contribution in [0.5, 0.6) is 0 Å². The molecule has 2 unspecified atom stereocenters. The summed E-state index contributed by atoms with van der Waals surface area (Å²) in [5, 5.41) is 5.27. The molecular weight excluding hydrogens is 222 g/mol. The van der Waals surface area contributed by atoms with E-state index in [-0.39, 0.29) is 5.91 Å². The fourth-order valence-corrected chi connectivity index (χ4v) is 3.28. The minimum absolute atomic E-state index is 0.158. The van der Waals surface area contributed by atoms with Gasteiger partial charge in [-0.3, -0.25) is 4.79 Å². The highest BCUT2D eigenvalue weighted by molar-refractivity contribution is 7.03. The Bertz CT molecular complexity index is 367. The van der Waals surface area contributed by atoms with Gasteiger partial charge in [-0.05, 0) is 42.9 Å². The van der Waals surface area contributed by atoms with Crippen LogP contribution in [0.1, 0.15) is 16.8 Å². The molecule has 0 aromatic carbocycles. The zero-order valence-corrected chi connectivity index (χ0v) is 9.87. The van der Waals surface area contributed by atoms with E-state index in [1.165, 1.54) is 18.0 Å². The monoisotopic (exact) mass is 237 g/mol. The van der Waals surface area contributed by atoms with Gasteiger partial charge in [-0.2, -0.15) is 0 Å². The molecule has 86 valence electrons. The van der Waals surface area contributed by atoms with Crippen molar-refractivity contribution in [1.82, 2.24) is 14.6 Å². The minimum atomic E-state index is 0.158. The molecule has 3 heterocycles. The van der Waals surface area contributed by atoms with Crippen molar-refractivity contribution in [3.63, 3.8) is 0 Å². The molecule has 0 spiro atoms. The topological polar surface area (TPSA) is 45.2 Å². The highest BCUT2D eigenvalue weighted by atomic mass is 32.1. The van der Waals surface area contributed by atoms with E-state index in [0.29, 0.717) is 11.8 Å². The second-order valence-corrected chi connectivity index (χ2v) is 5.41. The lowest BCUT2D eigenvalue weighted by molar-refractivity contribution is 0.0538. The molecule has 0 saturated carbocycles. The molecule has 1 amide bonds. The Hall–Kier alpha value is -0.940. The van der Waals surface area contributed by atoms with E-state index in [4.69, 9.17) is 0 Å². The Balaban J connectivity index is 1.73. The quantitative estimate of drug-likeness (QED) is 0.786. The molecule has 1 aromatic rings. The van der Waals surface area contributed by atoms with Gasteiger partial charge in [0.1, 0.15) is 0 Å². The first-order valence-corrected chi connectivity index (χ1v) is 6.56. The number of carbonyl (C=O) groups is 1. The molecule has 1 aromatic heterocycles. The van der Waals surface area contributed by atoms with Crippen LogP contribution < -0.4 is 5.32 Å². The summed E-state index contributed by atoms with van der Waals surface area (Å²) in [5.41, 5.74) is 0.748. The number of aromatic nitrogens is 1. The van der Waals surface area contributed by atoms with Crippen molar-refractivity contribution < 1.29 is 4.79 Å². The smallest absolute Gasteiger partial charge is 0.256 e. The maximum atomic E-state index is 12.2. The summed E-state index contributed by atoms with van der Waals surface area (Å²) in [6.07, 6.45) is 2.95. The third kappa shape index (κ3) is 1.85. The first kappa shape index (κ1) is 10.2. The first-order chi connectivity index (χ1) is 7.83. The van der Waals surface area contributed by atoms with Crippen molar-refractivity contribution in [2.24, 2.45) is 11.8 Å². The number of fused-ring (bicyclic) bond motifs is 2. The molecule has 0 aliphatic carbocycles. The molecule has 2 aliphatic rings. The first-order valence-electron chi connectivity index (χ1n) is 5.72. The Morgan fingerprint density at radius 1 is 1.44 bits per heavy atom. The van der Waals surface area contributed by atoms with E-state index in [0.717, 1.165) is 31.7 Å². The maximum absolute atomic E-state index is 12.2. The molecule has 2 aliphatic heterocycles. The number of amides is 1. The molecule has 2 saturated heterocycles. The van der Waals surface area contributed by atoms with Gasteiger partial charge in [0.2, 0.25) is 0 Å². The van der Waals surface area contributed by atoms with Crippen LogP contribution >= 0.6 is 11.5 Å².